The zero-order valence-corrected chi connectivity index (χ0v) is 37.1. The van der Waals surface area contributed by atoms with E-state index in [0.717, 1.165) is 0 Å². The second-order valence-electron chi connectivity index (χ2n) is 17.4. The van der Waals surface area contributed by atoms with E-state index in [1.165, 1.54) is 133 Å². The van der Waals surface area contributed by atoms with E-state index in [1.807, 2.05) is 0 Å². The summed E-state index contributed by atoms with van der Waals surface area (Å²) in [6.45, 7) is 17.8. The molecule has 2 nitrogen and oxygen atoms in total. The second-order valence-corrected chi connectivity index (χ2v) is 17.4. The number of aryl methyl sites for hydroxylation is 8. The van der Waals surface area contributed by atoms with Gasteiger partial charge < -0.3 is 9.80 Å². The van der Waals surface area contributed by atoms with Crippen molar-refractivity contribution in [1.82, 2.24) is 0 Å². The molecule has 0 atom stereocenters. The van der Waals surface area contributed by atoms with Gasteiger partial charge in [0.05, 0.1) is 11.4 Å². The summed E-state index contributed by atoms with van der Waals surface area (Å²) < 4.78 is 0. The van der Waals surface area contributed by atoms with Crippen molar-refractivity contribution >= 4 is 66.4 Å². The zero-order valence-electron chi connectivity index (χ0n) is 37.1. The first-order chi connectivity index (χ1) is 30.1. The number of nitrogens with zero attached hydrogens (tertiary/aromatic N) is 2. The quantitative estimate of drug-likeness (QED) is 0.141. The molecule has 0 spiro atoms. The minimum atomic E-state index is 1.17. The van der Waals surface area contributed by atoms with Gasteiger partial charge in [-0.25, -0.2) is 0 Å². The van der Waals surface area contributed by atoms with Crippen molar-refractivity contribution in [3.05, 3.63) is 214 Å². The molecule has 0 amide bonds. The van der Waals surface area contributed by atoms with E-state index in [9.17, 15) is 0 Å². The number of anilines is 6. The molecule has 0 aliphatic carbocycles. The first-order valence-corrected chi connectivity index (χ1v) is 21.9. The van der Waals surface area contributed by atoms with Crippen LogP contribution in [0.2, 0.25) is 0 Å². The number of para-hydroxylation sites is 2. The van der Waals surface area contributed by atoms with Gasteiger partial charge in [-0.2, -0.15) is 0 Å². The number of hydrogen-bond donors (Lipinski definition) is 0. The summed E-state index contributed by atoms with van der Waals surface area (Å²) >= 11 is 0. The smallest absolute Gasteiger partial charge is 0.0540 e. The van der Waals surface area contributed by atoms with E-state index >= 15 is 0 Å². The average molecular weight is 801 g/mol. The van der Waals surface area contributed by atoms with Crippen LogP contribution in [0.25, 0.3) is 54.6 Å². The van der Waals surface area contributed by atoms with E-state index < -0.39 is 0 Å². The van der Waals surface area contributed by atoms with Crippen molar-refractivity contribution in [2.45, 2.75) is 55.4 Å². The third-order valence-corrected chi connectivity index (χ3v) is 13.3. The first-order valence-electron chi connectivity index (χ1n) is 21.9. The maximum Gasteiger partial charge on any atom is 0.0540 e. The lowest BCUT2D eigenvalue weighted by Gasteiger charge is -2.32. The van der Waals surface area contributed by atoms with Crippen molar-refractivity contribution in [2.75, 3.05) is 9.80 Å². The Balaban J connectivity index is 1.24. The molecule has 0 aliphatic rings. The molecule has 10 rings (SSSR count). The molecule has 62 heavy (non-hydrogen) atoms. The van der Waals surface area contributed by atoms with Crippen LogP contribution < -0.4 is 9.80 Å². The number of hydrogen-bond acceptors (Lipinski definition) is 2. The van der Waals surface area contributed by atoms with Gasteiger partial charge in [-0.15, -0.1) is 0 Å². The molecule has 0 heterocycles. The van der Waals surface area contributed by atoms with Crippen molar-refractivity contribution in [3.63, 3.8) is 0 Å². The van der Waals surface area contributed by atoms with Gasteiger partial charge in [0.25, 0.3) is 0 Å². The predicted octanol–water partition coefficient (Wildman–Crippen LogP) is 17.3. The second kappa shape index (κ2) is 15.4. The summed E-state index contributed by atoms with van der Waals surface area (Å²) in [6, 6.07) is 63.5. The molecule has 0 fully saturated rings. The minimum Gasteiger partial charge on any atom is -0.309 e. The molecule has 0 unspecified atom stereocenters. The minimum absolute atomic E-state index is 1.17. The largest absolute Gasteiger partial charge is 0.309 e. The highest BCUT2D eigenvalue weighted by Crippen LogP contribution is 2.50. The van der Waals surface area contributed by atoms with Crippen LogP contribution in [-0.4, -0.2) is 0 Å². The molecular formula is C60H52N2. The number of benzene rings is 10. The summed E-state index contributed by atoms with van der Waals surface area (Å²) in [7, 11) is 0. The van der Waals surface area contributed by atoms with Gasteiger partial charge in [0.15, 0.2) is 0 Å². The Hall–Kier alpha value is -7.16. The molecule has 0 N–H and O–H groups in total. The van der Waals surface area contributed by atoms with Crippen LogP contribution in [0.3, 0.4) is 0 Å². The van der Waals surface area contributed by atoms with Crippen LogP contribution in [-0.2, 0) is 0 Å². The van der Waals surface area contributed by atoms with Gasteiger partial charge in [0.1, 0.15) is 0 Å². The van der Waals surface area contributed by atoms with Crippen LogP contribution in [0, 0.1) is 55.4 Å². The molecule has 0 saturated carbocycles. The summed E-state index contributed by atoms with van der Waals surface area (Å²) in [5.74, 6) is 0. The summed E-state index contributed by atoms with van der Waals surface area (Å²) in [5, 5.41) is 7.50. The fraction of sp³-hybridized carbons (Fsp3) is 0.133. The van der Waals surface area contributed by atoms with Crippen molar-refractivity contribution < 1.29 is 0 Å². The highest BCUT2D eigenvalue weighted by atomic mass is 15.2. The molecular weight excluding hydrogens is 749 g/mol. The van der Waals surface area contributed by atoms with E-state index in [2.05, 4.69) is 235 Å². The van der Waals surface area contributed by atoms with Gasteiger partial charge in [0.2, 0.25) is 0 Å². The zero-order chi connectivity index (χ0) is 42.8. The normalized spacial score (nSPS) is 11.5. The third-order valence-electron chi connectivity index (χ3n) is 13.3. The molecule has 302 valence electrons. The van der Waals surface area contributed by atoms with Crippen LogP contribution >= 0.6 is 0 Å². The van der Waals surface area contributed by atoms with Crippen LogP contribution in [0.5, 0.6) is 0 Å². The highest BCUT2D eigenvalue weighted by molar-refractivity contribution is 6.28. The van der Waals surface area contributed by atoms with Crippen molar-refractivity contribution in [2.24, 2.45) is 0 Å². The van der Waals surface area contributed by atoms with E-state index in [4.69, 9.17) is 0 Å². The Morgan fingerprint density at radius 3 is 0.984 bits per heavy atom. The van der Waals surface area contributed by atoms with Gasteiger partial charge in [0, 0.05) is 33.5 Å². The Labute approximate surface area is 366 Å². The molecule has 2 heteroatoms. The summed E-state index contributed by atoms with van der Waals surface area (Å²) in [4.78, 5) is 5.02. The molecule has 0 aliphatic heterocycles. The highest BCUT2D eigenvalue weighted by Gasteiger charge is 2.25. The molecule has 0 radical (unpaired) electrons. The maximum absolute atomic E-state index is 2.51. The first kappa shape index (κ1) is 39.0. The average Bonchev–Trinajstić information content (AvgIpc) is 3.26. The molecule has 0 bridgehead atoms. The number of rotatable bonds is 8. The fourth-order valence-electron chi connectivity index (χ4n) is 10.1. The van der Waals surface area contributed by atoms with Gasteiger partial charge in [-0.3, -0.25) is 0 Å². The van der Waals surface area contributed by atoms with Gasteiger partial charge in [-0.05, 0) is 180 Å². The third kappa shape index (κ3) is 6.41. The summed E-state index contributed by atoms with van der Waals surface area (Å²) in [5.41, 5.74) is 22.2. The van der Waals surface area contributed by atoms with Crippen LogP contribution in [0.1, 0.15) is 44.5 Å². The monoisotopic (exact) mass is 800 g/mol. The lowest BCUT2D eigenvalue weighted by molar-refractivity contribution is 1.23. The van der Waals surface area contributed by atoms with Gasteiger partial charge in [-0.1, -0.05) is 133 Å². The van der Waals surface area contributed by atoms with Crippen molar-refractivity contribution in [1.29, 1.82) is 0 Å². The molecule has 10 aromatic rings. The summed E-state index contributed by atoms with van der Waals surface area (Å²) in [6.07, 6.45) is 0. The Morgan fingerprint density at radius 2 is 0.597 bits per heavy atom. The van der Waals surface area contributed by atoms with Crippen LogP contribution in [0.4, 0.5) is 34.1 Å². The molecule has 10 aromatic carbocycles. The van der Waals surface area contributed by atoms with E-state index in [-0.39, 0.29) is 0 Å². The maximum atomic E-state index is 2.51. The fourth-order valence-corrected chi connectivity index (χ4v) is 10.1. The Kier molecular flexibility index (Phi) is 9.68. The van der Waals surface area contributed by atoms with Crippen LogP contribution in [0.15, 0.2) is 170 Å². The van der Waals surface area contributed by atoms with E-state index in [1.54, 1.807) is 0 Å². The molecule has 0 aromatic heterocycles. The predicted molar refractivity (Wildman–Crippen MR) is 268 cm³/mol. The lowest BCUT2D eigenvalue weighted by atomic mass is 9.90. The Morgan fingerprint density at radius 1 is 0.258 bits per heavy atom. The molecule has 0 saturated heterocycles. The van der Waals surface area contributed by atoms with Crippen molar-refractivity contribution in [3.8, 4) is 22.3 Å². The van der Waals surface area contributed by atoms with Gasteiger partial charge >= 0.3 is 0 Å². The van der Waals surface area contributed by atoms with E-state index in [0.29, 0.717) is 0 Å². The lowest BCUT2D eigenvalue weighted by Crippen LogP contribution is -2.14. The topological polar surface area (TPSA) is 6.48 Å². The standard InChI is InChI=1S/C60H52N2/c1-37-15-9-11-21-51(37)61(55-35-47(25-23-39(55)3)57-41(5)17-13-18-42(57)6)53-33-29-45-28-32-50-54(34-30-46-27-31-49(53)59(45)60(46)50)62(52-22-12-10-16-38(52)2)56-36-48(26-24-40(56)4)58-43(7)19-14-20-44(58)8/h9-36H,1-8H3. The SMILES string of the molecule is Cc1ccccc1N(c1cc(-c2c(C)cccc2C)ccc1C)c1ccc2ccc3c(N(c4ccccc4C)c4cc(-c5c(C)cccc5C)ccc4C)ccc4ccc1c2c43. The Bertz CT molecular complexity index is 3090.